The molecular weight excluding hydrogens is 250 g/mol. The number of rotatable bonds is 2. The molecule has 1 unspecified atom stereocenters. The molecule has 0 radical (unpaired) electrons. The number of piperidine rings is 3. The van der Waals surface area contributed by atoms with Gasteiger partial charge in [0.25, 0.3) is 0 Å². The van der Waals surface area contributed by atoms with Crippen LogP contribution >= 0.6 is 12.6 Å². The van der Waals surface area contributed by atoms with Crippen molar-refractivity contribution in [3.05, 3.63) is 35.9 Å². The van der Waals surface area contributed by atoms with Crippen molar-refractivity contribution in [3.63, 3.8) is 0 Å². The molecule has 1 nitrogen and oxygen atoms in total. The molecule has 0 saturated carbocycles. The van der Waals surface area contributed by atoms with Crippen LogP contribution in [0.3, 0.4) is 0 Å². The third-order valence-corrected chi connectivity index (χ3v) is 5.35. The minimum absolute atomic E-state index is 0. The fourth-order valence-electron chi connectivity index (χ4n) is 3.40. The molecule has 3 fully saturated rings. The average Bonchev–Trinajstić information content (AvgIpc) is 2.41. The fourth-order valence-corrected chi connectivity index (χ4v) is 3.91. The Morgan fingerprint density at radius 2 is 1.53 bits per heavy atom. The lowest BCUT2D eigenvalue weighted by atomic mass is 9.85. The number of halogens is 1. The summed E-state index contributed by atoms with van der Waals surface area (Å²) in [6, 6.07) is 10.8. The molecule has 1 aromatic rings. The summed E-state index contributed by atoms with van der Waals surface area (Å²) in [5, 5.41) is 0.391. The van der Waals surface area contributed by atoms with Gasteiger partial charge in [0.1, 0.15) is 0 Å². The molecule has 17 heavy (non-hydrogen) atoms. The molecule has 3 aliphatic rings. The zero-order valence-electron chi connectivity index (χ0n) is 10.1. The Bertz CT molecular complexity index is 346. The maximum Gasteiger partial charge on any atom is 0.159 e. The lowest BCUT2D eigenvalue weighted by molar-refractivity contribution is -0.956. The molecule has 1 atom stereocenters. The molecule has 3 aliphatic heterocycles. The van der Waals surface area contributed by atoms with E-state index >= 15 is 0 Å². The first-order chi connectivity index (χ1) is 7.80. The van der Waals surface area contributed by atoms with Crippen molar-refractivity contribution in [2.45, 2.75) is 24.6 Å². The summed E-state index contributed by atoms with van der Waals surface area (Å²) < 4.78 is 1.23. The molecule has 0 spiro atoms. The lowest BCUT2D eigenvalue weighted by Gasteiger charge is -2.52. The van der Waals surface area contributed by atoms with E-state index in [9.17, 15) is 0 Å². The van der Waals surface area contributed by atoms with Gasteiger partial charge in [-0.15, -0.1) is 12.6 Å². The highest BCUT2D eigenvalue weighted by molar-refractivity contribution is 7.80. The second kappa shape index (κ2) is 5.21. The van der Waals surface area contributed by atoms with Gasteiger partial charge in [-0.3, -0.25) is 0 Å². The highest BCUT2D eigenvalue weighted by atomic mass is 35.5. The molecule has 0 amide bonds. The van der Waals surface area contributed by atoms with E-state index < -0.39 is 0 Å². The number of thiol groups is 1. The summed E-state index contributed by atoms with van der Waals surface area (Å²) in [6.45, 7) is 4.02. The second-order valence-electron chi connectivity index (χ2n) is 5.41. The van der Waals surface area contributed by atoms with E-state index in [4.69, 9.17) is 12.6 Å². The van der Waals surface area contributed by atoms with Crippen LogP contribution in [-0.4, -0.2) is 24.1 Å². The lowest BCUT2D eigenvalue weighted by Crippen LogP contribution is -3.00. The van der Waals surface area contributed by atoms with Crippen LogP contribution < -0.4 is 12.4 Å². The normalized spacial score (nSPS) is 32.9. The van der Waals surface area contributed by atoms with Crippen molar-refractivity contribution in [2.24, 2.45) is 5.92 Å². The summed E-state index contributed by atoms with van der Waals surface area (Å²) in [5.74, 6) is 1.02. The molecule has 3 heterocycles. The van der Waals surface area contributed by atoms with Gasteiger partial charge >= 0.3 is 0 Å². The molecule has 2 bridgehead atoms. The first-order valence-electron chi connectivity index (χ1n) is 6.39. The van der Waals surface area contributed by atoms with E-state index in [1.807, 2.05) is 0 Å². The van der Waals surface area contributed by atoms with Crippen LogP contribution in [0.15, 0.2) is 30.3 Å². The van der Waals surface area contributed by atoms with Crippen LogP contribution in [0.2, 0.25) is 0 Å². The molecular formula is C14H20ClNS. The Morgan fingerprint density at radius 3 is 2.06 bits per heavy atom. The highest BCUT2D eigenvalue weighted by Gasteiger charge is 2.44. The minimum Gasteiger partial charge on any atom is -1.00 e. The van der Waals surface area contributed by atoms with Crippen LogP contribution in [0, 0.1) is 5.92 Å². The van der Waals surface area contributed by atoms with Gasteiger partial charge in [0.2, 0.25) is 0 Å². The Hall–Kier alpha value is -0.180. The molecule has 3 saturated heterocycles. The molecule has 94 valence electrons. The van der Waals surface area contributed by atoms with Crippen molar-refractivity contribution >= 4 is 12.6 Å². The third kappa shape index (κ3) is 2.35. The zero-order chi connectivity index (χ0) is 11.0. The number of fused-ring (bicyclic) bond motifs is 3. The first kappa shape index (κ1) is 13.3. The predicted molar refractivity (Wildman–Crippen MR) is 70.4 cm³/mol. The average molecular weight is 270 g/mol. The minimum atomic E-state index is 0. The smallest absolute Gasteiger partial charge is 0.159 e. The van der Waals surface area contributed by atoms with Crippen molar-refractivity contribution in [1.82, 2.24) is 0 Å². The molecule has 1 aromatic carbocycles. The van der Waals surface area contributed by atoms with Crippen molar-refractivity contribution in [1.29, 1.82) is 0 Å². The predicted octanol–water partition coefficient (Wildman–Crippen LogP) is 0.249. The molecule has 0 aliphatic carbocycles. The zero-order valence-corrected chi connectivity index (χ0v) is 11.7. The molecule has 4 rings (SSSR count). The fraction of sp³-hybridized carbons (Fsp3) is 0.571. The number of nitrogens with zero attached hydrogens (tertiary/aromatic N) is 1. The third-order valence-electron chi connectivity index (χ3n) is 4.56. The van der Waals surface area contributed by atoms with Crippen molar-refractivity contribution in [3.8, 4) is 0 Å². The monoisotopic (exact) mass is 269 g/mol. The van der Waals surface area contributed by atoms with E-state index in [1.54, 1.807) is 0 Å². The maximum atomic E-state index is 4.93. The van der Waals surface area contributed by atoms with Gasteiger partial charge in [-0.25, -0.2) is 0 Å². The van der Waals surface area contributed by atoms with E-state index in [1.165, 1.54) is 48.9 Å². The quantitative estimate of drug-likeness (QED) is 0.578. The van der Waals surface area contributed by atoms with Gasteiger partial charge in [-0.2, -0.15) is 0 Å². The Balaban J connectivity index is 0.00000108. The van der Waals surface area contributed by atoms with Gasteiger partial charge < -0.3 is 16.9 Å². The maximum absolute atomic E-state index is 4.93. The van der Waals surface area contributed by atoms with Crippen LogP contribution in [0.5, 0.6) is 0 Å². The van der Waals surface area contributed by atoms with Crippen molar-refractivity contribution in [2.75, 3.05) is 19.6 Å². The Labute approximate surface area is 116 Å². The van der Waals surface area contributed by atoms with Crippen LogP contribution in [0.1, 0.15) is 30.2 Å². The highest BCUT2D eigenvalue weighted by Crippen LogP contribution is 2.42. The molecule has 0 aromatic heterocycles. The van der Waals surface area contributed by atoms with Gasteiger partial charge in [-0.05, 0) is 25.2 Å². The van der Waals surface area contributed by atoms with E-state index in [-0.39, 0.29) is 12.4 Å². The SMILES string of the molecule is SC(c1ccccc1)[N+]12CCC(CC1)CC2.[Cl-]. The van der Waals surface area contributed by atoms with Gasteiger partial charge in [0.05, 0.1) is 19.6 Å². The first-order valence-corrected chi connectivity index (χ1v) is 6.91. The van der Waals surface area contributed by atoms with Gasteiger partial charge in [0.15, 0.2) is 5.37 Å². The summed E-state index contributed by atoms with van der Waals surface area (Å²) in [6.07, 6.45) is 4.26. The van der Waals surface area contributed by atoms with Crippen LogP contribution in [0.4, 0.5) is 0 Å². The van der Waals surface area contributed by atoms with E-state index in [2.05, 4.69) is 30.3 Å². The van der Waals surface area contributed by atoms with E-state index in [0.717, 1.165) is 5.92 Å². The topological polar surface area (TPSA) is 0 Å². The number of hydrogen-bond donors (Lipinski definition) is 1. The molecule has 3 heteroatoms. The Kier molecular flexibility index (Phi) is 4.06. The largest absolute Gasteiger partial charge is 1.00 e. The van der Waals surface area contributed by atoms with Crippen LogP contribution in [-0.2, 0) is 0 Å². The molecule has 0 N–H and O–H groups in total. The standard InChI is InChI=1S/C14H19NS.ClH/c16-14(13-4-2-1-3-5-13)15-9-6-12(7-10-15)8-11-15;/h1-5,12,14H,6-11H2;1H. The van der Waals surface area contributed by atoms with Crippen molar-refractivity contribution < 1.29 is 16.9 Å². The summed E-state index contributed by atoms with van der Waals surface area (Å²) in [4.78, 5) is 0. The second-order valence-corrected chi connectivity index (χ2v) is 5.89. The Morgan fingerprint density at radius 1 is 1.00 bits per heavy atom. The number of quaternary nitrogens is 1. The summed E-state index contributed by atoms with van der Waals surface area (Å²) >= 11 is 4.93. The van der Waals surface area contributed by atoms with Gasteiger partial charge in [-0.1, -0.05) is 30.3 Å². The summed E-state index contributed by atoms with van der Waals surface area (Å²) in [5.41, 5.74) is 1.39. The number of benzene rings is 1. The summed E-state index contributed by atoms with van der Waals surface area (Å²) in [7, 11) is 0. The van der Waals surface area contributed by atoms with Gasteiger partial charge in [0, 0.05) is 5.56 Å². The van der Waals surface area contributed by atoms with Crippen LogP contribution in [0.25, 0.3) is 0 Å². The number of hydrogen-bond acceptors (Lipinski definition) is 1. The van der Waals surface area contributed by atoms with E-state index in [0.29, 0.717) is 5.37 Å².